The lowest BCUT2D eigenvalue weighted by Gasteiger charge is -2.24. The third-order valence-electron chi connectivity index (χ3n) is 2.70. The van der Waals surface area contributed by atoms with Gasteiger partial charge < -0.3 is 5.11 Å². The predicted molar refractivity (Wildman–Crippen MR) is 56.0 cm³/mol. The van der Waals surface area contributed by atoms with Crippen LogP contribution in [0, 0.1) is 6.92 Å². The Labute approximate surface area is 105 Å². The van der Waals surface area contributed by atoms with Gasteiger partial charge in [-0.15, -0.1) is 0 Å². The second kappa shape index (κ2) is 4.70. The van der Waals surface area contributed by atoms with E-state index in [1.165, 1.54) is 0 Å². The van der Waals surface area contributed by atoms with Crippen LogP contribution in [0.2, 0.25) is 0 Å². The monoisotopic (exact) mass is 285 g/mol. The molecule has 0 aliphatic carbocycles. The van der Waals surface area contributed by atoms with Crippen LogP contribution in [0.1, 0.15) is 30.0 Å². The first-order chi connectivity index (χ1) is 8.38. The highest BCUT2D eigenvalue weighted by atomic mass is 19.4. The number of alkyl halides is 6. The standard InChI is InChI=1S/C12H11F6O/c1-3-10(2,19)7-4-8(11(13,14)15)6-9(5-7)12(16,17)18/h4-6,19H,1,3H2,2H3. The fourth-order valence-corrected chi connectivity index (χ4v) is 1.41. The summed E-state index contributed by atoms with van der Waals surface area (Å²) in [6, 6.07) is 1.02. The van der Waals surface area contributed by atoms with Crippen molar-refractivity contribution >= 4 is 0 Å². The van der Waals surface area contributed by atoms with E-state index in [1.807, 2.05) is 0 Å². The molecule has 0 saturated carbocycles. The molecule has 0 heterocycles. The quantitative estimate of drug-likeness (QED) is 0.809. The minimum Gasteiger partial charge on any atom is -0.385 e. The molecule has 0 saturated heterocycles. The zero-order valence-electron chi connectivity index (χ0n) is 9.86. The number of aliphatic hydroxyl groups is 1. The molecule has 1 atom stereocenters. The van der Waals surface area contributed by atoms with Gasteiger partial charge in [0.1, 0.15) is 0 Å². The summed E-state index contributed by atoms with van der Waals surface area (Å²) in [6.07, 6.45) is -10.1. The Morgan fingerprint density at radius 2 is 1.21 bits per heavy atom. The van der Waals surface area contributed by atoms with Crippen molar-refractivity contribution in [1.82, 2.24) is 0 Å². The lowest BCUT2D eigenvalue weighted by molar-refractivity contribution is -0.143. The van der Waals surface area contributed by atoms with Crippen LogP contribution in [-0.2, 0) is 18.0 Å². The molecule has 1 aromatic rings. The Morgan fingerprint density at radius 3 is 1.47 bits per heavy atom. The summed E-state index contributed by atoms with van der Waals surface area (Å²) >= 11 is 0. The van der Waals surface area contributed by atoms with Crippen molar-refractivity contribution in [2.75, 3.05) is 0 Å². The highest BCUT2D eigenvalue weighted by molar-refractivity contribution is 5.36. The highest BCUT2D eigenvalue weighted by Gasteiger charge is 2.38. The fraction of sp³-hybridized carbons (Fsp3) is 0.417. The molecule has 0 fully saturated rings. The number of halogens is 6. The van der Waals surface area contributed by atoms with E-state index in [4.69, 9.17) is 0 Å². The van der Waals surface area contributed by atoms with E-state index in [2.05, 4.69) is 6.92 Å². The molecule has 1 nitrogen and oxygen atoms in total. The first-order valence-electron chi connectivity index (χ1n) is 5.19. The fourth-order valence-electron chi connectivity index (χ4n) is 1.41. The number of rotatable bonds is 2. The van der Waals surface area contributed by atoms with Crippen LogP contribution < -0.4 is 0 Å². The van der Waals surface area contributed by atoms with E-state index < -0.39 is 34.6 Å². The van der Waals surface area contributed by atoms with Crippen LogP contribution >= 0.6 is 0 Å². The first kappa shape index (κ1) is 15.8. The lowest BCUT2D eigenvalue weighted by Crippen LogP contribution is -2.22. The molecular weight excluding hydrogens is 274 g/mol. The van der Waals surface area contributed by atoms with E-state index in [-0.39, 0.29) is 12.5 Å². The first-order valence-corrected chi connectivity index (χ1v) is 5.19. The van der Waals surface area contributed by atoms with Gasteiger partial charge in [0.05, 0.1) is 16.7 Å². The molecule has 1 radical (unpaired) electrons. The van der Waals surface area contributed by atoms with Crippen molar-refractivity contribution in [1.29, 1.82) is 0 Å². The molecule has 0 aliphatic rings. The zero-order valence-corrected chi connectivity index (χ0v) is 9.86. The van der Waals surface area contributed by atoms with Gasteiger partial charge in [-0.2, -0.15) is 26.3 Å². The topological polar surface area (TPSA) is 20.2 Å². The molecule has 0 spiro atoms. The van der Waals surface area contributed by atoms with Crippen LogP contribution in [0.4, 0.5) is 26.3 Å². The van der Waals surface area contributed by atoms with E-state index in [1.54, 1.807) is 0 Å². The van der Waals surface area contributed by atoms with E-state index in [0.717, 1.165) is 6.92 Å². The maximum absolute atomic E-state index is 12.6. The minimum atomic E-state index is -4.92. The average Bonchev–Trinajstić information content (AvgIpc) is 2.26. The summed E-state index contributed by atoms with van der Waals surface area (Å²) in [5.74, 6) is 0. The van der Waals surface area contributed by atoms with Crippen LogP contribution in [0.5, 0.6) is 0 Å². The summed E-state index contributed by atoms with van der Waals surface area (Å²) in [6.45, 7) is 4.41. The van der Waals surface area contributed by atoms with Crippen LogP contribution in [0.15, 0.2) is 18.2 Å². The van der Waals surface area contributed by atoms with Gasteiger partial charge >= 0.3 is 12.4 Å². The lowest BCUT2D eigenvalue weighted by atomic mass is 9.90. The third-order valence-corrected chi connectivity index (χ3v) is 2.70. The van der Waals surface area contributed by atoms with E-state index in [9.17, 15) is 31.4 Å². The Bertz CT molecular complexity index is 426. The largest absolute Gasteiger partial charge is 0.416 e. The summed E-state index contributed by atoms with van der Waals surface area (Å²) in [4.78, 5) is 0. The Balaban J connectivity index is 3.51. The smallest absolute Gasteiger partial charge is 0.385 e. The second-order valence-corrected chi connectivity index (χ2v) is 4.32. The van der Waals surface area contributed by atoms with Crippen molar-refractivity contribution in [2.24, 2.45) is 0 Å². The van der Waals surface area contributed by atoms with E-state index in [0.29, 0.717) is 12.1 Å². The summed E-state index contributed by atoms with van der Waals surface area (Å²) < 4.78 is 75.4. The Morgan fingerprint density at radius 1 is 0.895 bits per heavy atom. The van der Waals surface area contributed by atoms with Crippen LogP contribution in [0.3, 0.4) is 0 Å². The number of benzene rings is 1. The Hall–Kier alpha value is -1.24. The maximum Gasteiger partial charge on any atom is 0.416 e. The molecule has 0 aliphatic heterocycles. The van der Waals surface area contributed by atoms with Gasteiger partial charge in [0.2, 0.25) is 0 Å². The SMILES string of the molecule is [CH2]CC(C)(O)c1cc(C(F)(F)F)cc(C(F)(F)F)c1. The summed E-state index contributed by atoms with van der Waals surface area (Å²) in [7, 11) is 0. The van der Waals surface area contributed by atoms with Gasteiger partial charge in [0.15, 0.2) is 0 Å². The van der Waals surface area contributed by atoms with Gasteiger partial charge in [-0.25, -0.2) is 0 Å². The number of hydrogen-bond donors (Lipinski definition) is 1. The van der Waals surface area contributed by atoms with Crippen molar-refractivity contribution in [2.45, 2.75) is 31.3 Å². The second-order valence-electron chi connectivity index (χ2n) is 4.32. The normalized spacial score (nSPS) is 16.3. The third kappa shape index (κ3) is 3.62. The highest BCUT2D eigenvalue weighted by Crippen LogP contribution is 2.38. The van der Waals surface area contributed by atoms with Gasteiger partial charge in [-0.05, 0) is 37.1 Å². The van der Waals surface area contributed by atoms with Crippen molar-refractivity contribution in [3.05, 3.63) is 41.8 Å². The van der Waals surface area contributed by atoms with Gasteiger partial charge in [-0.1, -0.05) is 6.92 Å². The number of hydrogen-bond acceptors (Lipinski definition) is 1. The molecule has 19 heavy (non-hydrogen) atoms. The Kier molecular flexibility index (Phi) is 3.91. The van der Waals surface area contributed by atoms with Crippen molar-refractivity contribution in [3.8, 4) is 0 Å². The van der Waals surface area contributed by atoms with Crippen LogP contribution in [-0.4, -0.2) is 5.11 Å². The van der Waals surface area contributed by atoms with Gasteiger partial charge in [0, 0.05) is 0 Å². The predicted octanol–water partition coefficient (Wildman–Crippen LogP) is 4.16. The molecule has 107 valence electrons. The maximum atomic E-state index is 12.6. The van der Waals surface area contributed by atoms with Crippen molar-refractivity contribution in [3.63, 3.8) is 0 Å². The molecule has 0 bridgehead atoms. The molecule has 1 unspecified atom stereocenters. The summed E-state index contributed by atoms with van der Waals surface area (Å²) in [5.41, 5.74) is -5.23. The average molecular weight is 285 g/mol. The molecule has 1 aromatic carbocycles. The zero-order chi connectivity index (χ0) is 15.1. The minimum absolute atomic E-state index is 0.0165. The summed E-state index contributed by atoms with van der Waals surface area (Å²) in [5, 5.41) is 9.78. The molecule has 1 rings (SSSR count). The van der Waals surface area contributed by atoms with Crippen LogP contribution in [0.25, 0.3) is 0 Å². The molecule has 7 heteroatoms. The molecule has 0 amide bonds. The molecule has 1 N–H and O–H groups in total. The van der Waals surface area contributed by atoms with E-state index >= 15 is 0 Å². The van der Waals surface area contributed by atoms with Crippen molar-refractivity contribution < 1.29 is 31.4 Å². The van der Waals surface area contributed by atoms with Gasteiger partial charge in [0.25, 0.3) is 0 Å². The molecular formula is C12H11F6O. The molecule has 0 aromatic heterocycles. The van der Waals surface area contributed by atoms with Gasteiger partial charge in [-0.3, -0.25) is 0 Å².